The highest BCUT2D eigenvalue weighted by Crippen LogP contribution is 2.23. The van der Waals surface area contributed by atoms with Crippen LogP contribution in [0.15, 0.2) is 30.9 Å². The lowest BCUT2D eigenvalue weighted by molar-refractivity contribution is -0.140. The Bertz CT molecular complexity index is 445. The van der Waals surface area contributed by atoms with Gasteiger partial charge >= 0.3 is 5.97 Å². The van der Waals surface area contributed by atoms with Crippen LogP contribution in [0.4, 0.5) is 5.69 Å². The largest absolute Gasteiger partial charge is 0.481 e. The molecule has 0 amide bonds. The van der Waals surface area contributed by atoms with E-state index in [1.807, 2.05) is 30.0 Å². The second-order valence-electron chi connectivity index (χ2n) is 4.37. The Hall–Kier alpha value is -1.48. The number of rotatable bonds is 6. The third-order valence-electron chi connectivity index (χ3n) is 2.79. The van der Waals surface area contributed by atoms with E-state index in [0.29, 0.717) is 18.1 Å². The van der Waals surface area contributed by atoms with Crippen LogP contribution in [0.1, 0.15) is 12.5 Å². The monoisotopic (exact) mass is 267 g/mol. The van der Waals surface area contributed by atoms with Crippen LogP contribution in [0.2, 0.25) is 5.02 Å². The van der Waals surface area contributed by atoms with Crippen molar-refractivity contribution in [1.82, 2.24) is 0 Å². The second kappa shape index (κ2) is 6.45. The van der Waals surface area contributed by atoms with Crippen molar-refractivity contribution < 1.29 is 9.90 Å². The van der Waals surface area contributed by atoms with E-state index in [4.69, 9.17) is 16.7 Å². The SMILES string of the molecule is C=CCN(CC(C)C(=O)O)c1ccc(C)c(Cl)c1. The highest BCUT2D eigenvalue weighted by Gasteiger charge is 2.16. The van der Waals surface area contributed by atoms with Gasteiger partial charge in [0, 0.05) is 23.8 Å². The minimum Gasteiger partial charge on any atom is -0.481 e. The van der Waals surface area contributed by atoms with Gasteiger partial charge in [-0.25, -0.2) is 0 Å². The Morgan fingerprint density at radius 2 is 2.28 bits per heavy atom. The number of hydrogen-bond donors (Lipinski definition) is 1. The topological polar surface area (TPSA) is 40.5 Å². The standard InChI is InChI=1S/C14H18ClNO2/c1-4-7-16(9-11(3)14(17)18)12-6-5-10(2)13(15)8-12/h4-6,8,11H,1,7,9H2,2-3H3,(H,17,18). The van der Waals surface area contributed by atoms with E-state index in [-0.39, 0.29) is 0 Å². The predicted octanol–water partition coefficient (Wildman–Crippen LogP) is 3.36. The predicted molar refractivity (Wildman–Crippen MR) is 75.4 cm³/mol. The summed E-state index contributed by atoms with van der Waals surface area (Å²) in [4.78, 5) is 12.9. The summed E-state index contributed by atoms with van der Waals surface area (Å²) in [6.45, 7) is 8.34. The molecule has 0 bridgehead atoms. The van der Waals surface area contributed by atoms with E-state index >= 15 is 0 Å². The molecular weight excluding hydrogens is 250 g/mol. The fourth-order valence-electron chi connectivity index (χ4n) is 1.63. The first-order valence-electron chi connectivity index (χ1n) is 5.80. The van der Waals surface area contributed by atoms with Crippen molar-refractivity contribution in [2.24, 2.45) is 5.92 Å². The molecular formula is C14H18ClNO2. The fraction of sp³-hybridized carbons (Fsp3) is 0.357. The Kier molecular flexibility index (Phi) is 5.23. The van der Waals surface area contributed by atoms with Gasteiger partial charge in [-0.15, -0.1) is 6.58 Å². The lowest BCUT2D eigenvalue weighted by Crippen LogP contribution is -2.32. The highest BCUT2D eigenvalue weighted by atomic mass is 35.5. The van der Waals surface area contributed by atoms with E-state index < -0.39 is 11.9 Å². The molecule has 4 heteroatoms. The number of benzene rings is 1. The maximum Gasteiger partial charge on any atom is 0.308 e. The molecule has 18 heavy (non-hydrogen) atoms. The van der Waals surface area contributed by atoms with Crippen LogP contribution in [-0.4, -0.2) is 24.2 Å². The van der Waals surface area contributed by atoms with E-state index in [1.54, 1.807) is 13.0 Å². The first-order valence-corrected chi connectivity index (χ1v) is 6.18. The number of carboxylic acid groups (broad SMARTS) is 1. The van der Waals surface area contributed by atoms with Crippen LogP contribution in [-0.2, 0) is 4.79 Å². The number of aryl methyl sites for hydroxylation is 1. The maximum atomic E-state index is 10.9. The maximum absolute atomic E-state index is 10.9. The Morgan fingerprint density at radius 3 is 2.78 bits per heavy atom. The molecule has 0 spiro atoms. The van der Waals surface area contributed by atoms with Crippen LogP contribution in [0.3, 0.4) is 0 Å². The summed E-state index contributed by atoms with van der Waals surface area (Å²) < 4.78 is 0. The summed E-state index contributed by atoms with van der Waals surface area (Å²) in [6, 6.07) is 5.73. The van der Waals surface area contributed by atoms with E-state index in [2.05, 4.69) is 6.58 Å². The number of aliphatic carboxylic acids is 1. The van der Waals surface area contributed by atoms with Crippen molar-refractivity contribution in [1.29, 1.82) is 0 Å². The average Bonchev–Trinajstić information content (AvgIpc) is 2.32. The van der Waals surface area contributed by atoms with Crippen LogP contribution in [0.5, 0.6) is 0 Å². The van der Waals surface area contributed by atoms with Gasteiger partial charge in [0.05, 0.1) is 5.92 Å². The summed E-state index contributed by atoms with van der Waals surface area (Å²) >= 11 is 6.09. The van der Waals surface area contributed by atoms with Crippen molar-refractivity contribution in [3.8, 4) is 0 Å². The molecule has 0 saturated heterocycles. The van der Waals surface area contributed by atoms with Crippen LogP contribution < -0.4 is 4.90 Å². The zero-order valence-electron chi connectivity index (χ0n) is 10.7. The Labute approximate surface area is 113 Å². The van der Waals surface area contributed by atoms with Crippen LogP contribution in [0.25, 0.3) is 0 Å². The summed E-state index contributed by atoms with van der Waals surface area (Å²) in [5, 5.41) is 9.65. The van der Waals surface area contributed by atoms with Gasteiger partial charge in [0.2, 0.25) is 0 Å². The molecule has 1 N–H and O–H groups in total. The quantitative estimate of drug-likeness (QED) is 0.804. The van der Waals surface area contributed by atoms with Crippen LogP contribution >= 0.6 is 11.6 Å². The van der Waals surface area contributed by atoms with Gasteiger partial charge in [0.1, 0.15) is 0 Å². The van der Waals surface area contributed by atoms with Gasteiger partial charge < -0.3 is 10.0 Å². The molecule has 0 heterocycles. The summed E-state index contributed by atoms with van der Waals surface area (Å²) in [7, 11) is 0. The first kappa shape index (κ1) is 14.6. The van der Waals surface area contributed by atoms with Crippen molar-refractivity contribution in [2.75, 3.05) is 18.0 Å². The average molecular weight is 268 g/mol. The van der Waals surface area contributed by atoms with E-state index in [0.717, 1.165) is 11.3 Å². The third-order valence-corrected chi connectivity index (χ3v) is 3.19. The third kappa shape index (κ3) is 3.77. The highest BCUT2D eigenvalue weighted by molar-refractivity contribution is 6.31. The summed E-state index contributed by atoms with van der Waals surface area (Å²) in [6.07, 6.45) is 1.75. The summed E-state index contributed by atoms with van der Waals surface area (Å²) in [5.41, 5.74) is 1.92. The number of carbonyl (C=O) groups is 1. The zero-order chi connectivity index (χ0) is 13.7. The number of halogens is 1. The van der Waals surface area contributed by atoms with Crippen molar-refractivity contribution >= 4 is 23.3 Å². The molecule has 0 aliphatic heterocycles. The van der Waals surface area contributed by atoms with Crippen molar-refractivity contribution in [3.63, 3.8) is 0 Å². The van der Waals surface area contributed by atoms with Gasteiger partial charge in [0.15, 0.2) is 0 Å². The van der Waals surface area contributed by atoms with Crippen LogP contribution in [0, 0.1) is 12.8 Å². The smallest absolute Gasteiger partial charge is 0.308 e. The minimum absolute atomic E-state index is 0.431. The number of anilines is 1. The molecule has 1 unspecified atom stereocenters. The molecule has 0 radical (unpaired) electrons. The lowest BCUT2D eigenvalue weighted by atomic mass is 10.1. The molecule has 0 aliphatic carbocycles. The van der Waals surface area contributed by atoms with Gasteiger partial charge in [-0.3, -0.25) is 4.79 Å². The Morgan fingerprint density at radius 1 is 1.61 bits per heavy atom. The van der Waals surface area contributed by atoms with Gasteiger partial charge in [-0.1, -0.05) is 30.7 Å². The molecule has 0 fully saturated rings. The molecule has 1 atom stereocenters. The number of hydrogen-bond acceptors (Lipinski definition) is 2. The van der Waals surface area contributed by atoms with Gasteiger partial charge in [0.25, 0.3) is 0 Å². The molecule has 0 aliphatic rings. The van der Waals surface area contributed by atoms with E-state index in [9.17, 15) is 4.79 Å². The first-order chi connectivity index (χ1) is 8.45. The normalized spacial score (nSPS) is 11.9. The Balaban J connectivity index is 2.92. The molecule has 1 aromatic rings. The number of carboxylic acids is 1. The van der Waals surface area contributed by atoms with Crippen molar-refractivity contribution in [3.05, 3.63) is 41.4 Å². The second-order valence-corrected chi connectivity index (χ2v) is 4.77. The van der Waals surface area contributed by atoms with Crippen molar-refractivity contribution in [2.45, 2.75) is 13.8 Å². The fourth-order valence-corrected chi connectivity index (χ4v) is 1.80. The minimum atomic E-state index is -0.803. The molecule has 0 aromatic heterocycles. The zero-order valence-corrected chi connectivity index (χ0v) is 11.4. The molecule has 1 rings (SSSR count). The summed E-state index contributed by atoms with van der Waals surface area (Å²) in [5.74, 6) is -1.24. The van der Waals surface area contributed by atoms with E-state index in [1.165, 1.54) is 0 Å². The molecule has 1 aromatic carbocycles. The lowest BCUT2D eigenvalue weighted by Gasteiger charge is -2.25. The van der Waals surface area contributed by atoms with Gasteiger partial charge in [-0.2, -0.15) is 0 Å². The molecule has 3 nitrogen and oxygen atoms in total. The molecule has 0 saturated carbocycles. The molecule has 98 valence electrons. The van der Waals surface area contributed by atoms with Gasteiger partial charge in [-0.05, 0) is 24.6 Å². The number of nitrogens with zero attached hydrogens (tertiary/aromatic N) is 1.